The number of unbranched alkanes of at least 4 members (excludes halogenated alkanes) is 46. The molecule has 0 aromatic carbocycles. The molecule has 0 saturated carbocycles. The molecule has 1 aliphatic heterocycles. The van der Waals surface area contributed by atoms with Crippen molar-refractivity contribution in [2.24, 2.45) is 0 Å². The lowest BCUT2D eigenvalue weighted by Gasteiger charge is -2.40. The lowest BCUT2D eigenvalue weighted by Crippen LogP contribution is -2.60. The van der Waals surface area contributed by atoms with E-state index in [1.807, 2.05) is 0 Å². The molecule has 11 heteroatoms. The fraction of sp³-hybridized carbons (Fsp3) is 0.904. The normalized spacial score (nSPS) is 19.1. The van der Waals surface area contributed by atoms with Crippen LogP contribution in [0.4, 0.5) is 0 Å². The second-order valence-electron chi connectivity index (χ2n) is 25.6. The molecule has 1 fully saturated rings. The molecule has 0 bridgehead atoms. The molecule has 0 aliphatic carbocycles. The maximum absolute atomic E-state index is 13.3. The first-order valence-electron chi connectivity index (χ1n) is 36.4. The third-order valence-corrected chi connectivity index (χ3v) is 17.6. The number of amides is 1. The largest absolute Gasteiger partial charge is 0.394 e. The fourth-order valence-electron chi connectivity index (χ4n) is 11.8. The van der Waals surface area contributed by atoms with Gasteiger partial charge in [-0.25, -0.2) is 0 Å². The van der Waals surface area contributed by atoms with Crippen LogP contribution in [0.2, 0.25) is 0 Å². The number of aliphatic hydroxyl groups is 7. The summed E-state index contributed by atoms with van der Waals surface area (Å²) in [5, 5.41) is 76.5. The van der Waals surface area contributed by atoms with Crippen LogP contribution in [0.1, 0.15) is 354 Å². The zero-order valence-electron chi connectivity index (χ0n) is 54.9. The number of ether oxygens (including phenoxy) is 2. The van der Waals surface area contributed by atoms with Gasteiger partial charge in [-0.2, -0.15) is 0 Å². The van der Waals surface area contributed by atoms with Crippen LogP contribution in [0.15, 0.2) is 36.5 Å². The Labute approximate surface area is 517 Å². The van der Waals surface area contributed by atoms with Crippen LogP contribution in [0.5, 0.6) is 0 Å². The molecule has 0 radical (unpaired) electrons. The van der Waals surface area contributed by atoms with E-state index in [2.05, 4.69) is 55.6 Å². The number of allylic oxidation sites excluding steroid dienone is 6. The van der Waals surface area contributed by atoms with Crippen molar-refractivity contribution in [3.63, 3.8) is 0 Å². The summed E-state index contributed by atoms with van der Waals surface area (Å²) in [6.07, 6.45) is 68.1. The Balaban J connectivity index is 2.22. The van der Waals surface area contributed by atoms with Crippen molar-refractivity contribution in [2.45, 2.75) is 409 Å². The van der Waals surface area contributed by atoms with Gasteiger partial charge in [0, 0.05) is 0 Å². The quantitative estimate of drug-likeness (QED) is 0.0215. The monoisotopic (exact) mass is 1190 g/mol. The summed E-state index contributed by atoms with van der Waals surface area (Å²) in [5.74, 6) is -0.706. The van der Waals surface area contributed by atoms with Crippen LogP contribution in [-0.4, -0.2) is 110 Å². The van der Waals surface area contributed by atoms with Crippen LogP contribution >= 0.6 is 0 Å². The van der Waals surface area contributed by atoms with Crippen molar-refractivity contribution < 1.29 is 50.0 Å². The molecule has 11 nitrogen and oxygen atoms in total. The van der Waals surface area contributed by atoms with E-state index in [0.29, 0.717) is 19.3 Å². The first-order valence-corrected chi connectivity index (χ1v) is 36.4. The zero-order chi connectivity index (χ0) is 61.0. The minimum absolute atomic E-state index is 0.248. The summed E-state index contributed by atoms with van der Waals surface area (Å²) in [7, 11) is 0. The number of nitrogens with one attached hydrogen (secondary N) is 1. The first kappa shape index (κ1) is 80.3. The highest BCUT2D eigenvalue weighted by Gasteiger charge is 2.44. The molecular formula is C73H139NO10. The molecule has 0 aromatic rings. The van der Waals surface area contributed by atoms with Gasteiger partial charge in [-0.1, -0.05) is 314 Å². The molecule has 0 aromatic heterocycles. The summed E-state index contributed by atoms with van der Waals surface area (Å²) in [6, 6.07) is -1.19. The van der Waals surface area contributed by atoms with Gasteiger partial charge in [0.05, 0.1) is 25.4 Å². The van der Waals surface area contributed by atoms with Crippen molar-refractivity contribution in [1.82, 2.24) is 5.32 Å². The van der Waals surface area contributed by atoms with Crippen LogP contribution in [0.25, 0.3) is 0 Å². The summed E-state index contributed by atoms with van der Waals surface area (Å²) < 4.78 is 11.2. The maximum Gasteiger partial charge on any atom is 0.249 e. The second-order valence-corrected chi connectivity index (χ2v) is 25.6. The Bertz CT molecular complexity index is 1460. The summed E-state index contributed by atoms with van der Waals surface area (Å²) in [4.78, 5) is 13.3. The van der Waals surface area contributed by atoms with Crippen molar-refractivity contribution >= 4 is 5.91 Å². The molecule has 1 heterocycles. The Morgan fingerprint density at radius 2 is 0.714 bits per heavy atom. The van der Waals surface area contributed by atoms with Gasteiger partial charge in [0.2, 0.25) is 5.91 Å². The third-order valence-electron chi connectivity index (χ3n) is 17.6. The van der Waals surface area contributed by atoms with E-state index in [0.717, 1.165) is 38.5 Å². The van der Waals surface area contributed by atoms with Gasteiger partial charge in [-0.05, 0) is 77.0 Å². The molecule has 0 spiro atoms. The molecule has 1 saturated heterocycles. The van der Waals surface area contributed by atoms with E-state index in [1.165, 1.54) is 270 Å². The first-order chi connectivity index (χ1) is 41.2. The van der Waals surface area contributed by atoms with Gasteiger partial charge in [-0.3, -0.25) is 4.79 Å². The summed E-state index contributed by atoms with van der Waals surface area (Å²) in [5.41, 5.74) is 0. The van der Waals surface area contributed by atoms with Crippen molar-refractivity contribution in [3.8, 4) is 0 Å². The lowest BCUT2D eigenvalue weighted by molar-refractivity contribution is -0.303. The SMILES string of the molecule is CCCCCCCCCCCCCC/C=C\CCCCCCCCCCCCCCC(O)C(=O)NC(COC1OC(CO)C(O)C(O)C1O)C(O)C(O)CCC/C=C/CC/C=C/CCCCCCCCCCCCCCCCCCCCCC. The average molecular weight is 1190 g/mol. The number of carbonyl (C=O) groups is 1. The molecule has 84 heavy (non-hydrogen) atoms. The summed E-state index contributed by atoms with van der Waals surface area (Å²) in [6.45, 7) is 3.50. The number of carbonyl (C=O) groups excluding carboxylic acids is 1. The van der Waals surface area contributed by atoms with E-state index < -0.39 is 74.2 Å². The highest BCUT2D eigenvalue weighted by molar-refractivity contribution is 5.80. The van der Waals surface area contributed by atoms with Crippen LogP contribution in [0.3, 0.4) is 0 Å². The number of hydrogen-bond acceptors (Lipinski definition) is 10. The zero-order valence-corrected chi connectivity index (χ0v) is 54.9. The number of hydrogen-bond donors (Lipinski definition) is 8. The Morgan fingerprint density at radius 1 is 0.405 bits per heavy atom. The predicted molar refractivity (Wildman–Crippen MR) is 353 cm³/mol. The van der Waals surface area contributed by atoms with Crippen molar-refractivity contribution in [3.05, 3.63) is 36.5 Å². The Morgan fingerprint density at radius 3 is 1.06 bits per heavy atom. The van der Waals surface area contributed by atoms with E-state index in [4.69, 9.17) is 9.47 Å². The molecule has 9 unspecified atom stereocenters. The molecule has 1 aliphatic rings. The van der Waals surface area contributed by atoms with Crippen LogP contribution in [0, 0.1) is 0 Å². The van der Waals surface area contributed by atoms with Gasteiger partial charge in [0.1, 0.15) is 36.6 Å². The smallest absolute Gasteiger partial charge is 0.249 e. The lowest BCUT2D eigenvalue weighted by atomic mass is 9.98. The van der Waals surface area contributed by atoms with E-state index >= 15 is 0 Å². The third kappa shape index (κ3) is 48.3. The van der Waals surface area contributed by atoms with Gasteiger partial charge in [-0.15, -0.1) is 0 Å². The van der Waals surface area contributed by atoms with Gasteiger partial charge >= 0.3 is 0 Å². The molecule has 1 amide bonds. The van der Waals surface area contributed by atoms with Gasteiger partial charge < -0.3 is 50.5 Å². The fourth-order valence-corrected chi connectivity index (χ4v) is 11.8. The Hall–Kier alpha value is -1.67. The van der Waals surface area contributed by atoms with Crippen LogP contribution < -0.4 is 5.32 Å². The predicted octanol–water partition coefficient (Wildman–Crippen LogP) is 17.8. The van der Waals surface area contributed by atoms with E-state index in [1.54, 1.807) is 0 Å². The minimum Gasteiger partial charge on any atom is -0.394 e. The average Bonchev–Trinajstić information content (AvgIpc) is 3.66. The van der Waals surface area contributed by atoms with Gasteiger partial charge in [0.15, 0.2) is 6.29 Å². The Kier molecular flexibility index (Phi) is 58.9. The van der Waals surface area contributed by atoms with Crippen molar-refractivity contribution in [2.75, 3.05) is 13.2 Å². The molecule has 8 N–H and O–H groups in total. The van der Waals surface area contributed by atoms with E-state index in [-0.39, 0.29) is 12.8 Å². The van der Waals surface area contributed by atoms with Crippen LogP contribution in [-0.2, 0) is 14.3 Å². The maximum atomic E-state index is 13.3. The highest BCUT2D eigenvalue weighted by Crippen LogP contribution is 2.24. The molecule has 1 rings (SSSR count). The molecular weight excluding hydrogens is 1050 g/mol. The number of aliphatic hydroxyl groups excluding tert-OH is 7. The molecule has 9 atom stereocenters. The number of rotatable bonds is 64. The summed E-state index contributed by atoms with van der Waals surface area (Å²) >= 11 is 0. The highest BCUT2D eigenvalue weighted by atomic mass is 16.7. The standard InChI is InChI=1S/C73H139NO10/c1-3-5-7-9-11-13-15-17-19-21-23-25-27-29-31-33-35-36-38-40-42-44-46-48-50-52-54-56-58-60-65(76)68(78)64(63-83-73-71(81)70(80)69(79)67(62-75)84-73)74-72(82)66(77)61-59-57-55-53-51-49-47-45-43-41-39-37-34-32-30-28-26-24-22-20-18-16-14-12-10-8-6-4-2/h30,32,44,46,52,54,64-71,73,75-81H,3-29,31,33-43,45,47-51,53,55-63H2,1-2H3,(H,74,82)/b32-30-,46-44+,54-52+. The van der Waals surface area contributed by atoms with Crippen molar-refractivity contribution in [1.29, 1.82) is 0 Å². The topological polar surface area (TPSA) is 189 Å². The van der Waals surface area contributed by atoms with E-state index in [9.17, 15) is 40.5 Å². The molecule has 496 valence electrons. The second kappa shape index (κ2) is 61.6. The minimum atomic E-state index is -1.67. The van der Waals surface area contributed by atoms with Gasteiger partial charge in [0.25, 0.3) is 0 Å².